The number of carbonyl (C=O) groups excluding carboxylic acids is 1. The van der Waals surface area contributed by atoms with Crippen molar-refractivity contribution in [1.82, 2.24) is 20.0 Å². The van der Waals surface area contributed by atoms with E-state index in [1.54, 1.807) is 37.0 Å². The first kappa shape index (κ1) is 15.1. The molecule has 2 aromatic heterocycles. The zero-order valence-electron chi connectivity index (χ0n) is 12.1. The van der Waals surface area contributed by atoms with Crippen LogP contribution < -0.4 is 0 Å². The van der Waals surface area contributed by atoms with E-state index in [1.807, 2.05) is 6.07 Å². The van der Waals surface area contributed by atoms with Gasteiger partial charge in [0, 0.05) is 24.5 Å². The summed E-state index contributed by atoms with van der Waals surface area (Å²) in [5.74, 6) is -0.514. The molecule has 0 fully saturated rings. The van der Waals surface area contributed by atoms with Crippen molar-refractivity contribution < 1.29 is 14.6 Å². The molecule has 0 bridgehead atoms. The summed E-state index contributed by atoms with van der Waals surface area (Å²) >= 11 is 0. The molecule has 2 rings (SSSR count). The van der Waals surface area contributed by atoms with Crippen molar-refractivity contribution in [3.63, 3.8) is 0 Å². The van der Waals surface area contributed by atoms with Crippen molar-refractivity contribution in [2.75, 3.05) is 6.61 Å². The van der Waals surface area contributed by atoms with Crippen LogP contribution in [0.5, 0.6) is 0 Å². The second-order valence-corrected chi connectivity index (χ2v) is 4.61. The van der Waals surface area contributed by atoms with E-state index in [1.165, 1.54) is 0 Å². The van der Waals surface area contributed by atoms with Gasteiger partial charge in [0.1, 0.15) is 5.69 Å². The Balaban J connectivity index is 2.40. The normalized spacial score (nSPS) is 12.1. The van der Waals surface area contributed by atoms with Gasteiger partial charge in [0.2, 0.25) is 0 Å². The molecule has 1 unspecified atom stereocenters. The van der Waals surface area contributed by atoms with E-state index in [0.717, 1.165) is 5.56 Å². The van der Waals surface area contributed by atoms with Crippen LogP contribution in [0, 0.1) is 0 Å². The number of hydrogen-bond acceptors (Lipinski definition) is 6. The molecule has 0 amide bonds. The summed E-state index contributed by atoms with van der Waals surface area (Å²) in [5.41, 5.74) is 1.45. The summed E-state index contributed by atoms with van der Waals surface area (Å²) in [6, 6.07) is 3.60. The Morgan fingerprint density at radius 1 is 1.52 bits per heavy atom. The lowest BCUT2D eigenvalue weighted by Gasteiger charge is -2.09. The Bertz CT molecular complexity index is 596. The van der Waals surface area contributed by atoms with Crippen LogP contribution in [0.1, 0.15) is 30.8 Å². The third kappa shape index (κ3) is 3.63. The molecule has 1 atom stereocenters. The fourth-order valence-electron chi connectivity index (χ4n) is 1.90. The lowest BCUT2D eigenvalue weighted by Crippen LogP contribution is -2.11. The number of aromatic nitrogens is 4. The van der Waals surface area contributed by atoms with Gasteiger partial charge in [-0.3, -0.25) is 4.98 Å². The molecule has 21 heavy (non-hydrogen) atoms. The monoisotopic (exact) mass is 290 g/mol. The van der Waals surface area contributed by atoms with Gasteiger partial charge in [0.15, 0.2) is 5.69 Å². The molecule has 0 aromatic carbocycles. The van der Waals surface area contributed by atoms with E-state index in [9.17, 15) is 9.90 Å². The largest absolute Gasteiger partial charge is 0.461 e. The number of hydrogen-bond donors (Lipinski definition) is 1. The highest BCUT2D eigenvalue weighted by Gasteiger charge is 2.22. The molecule has 0 saturated carbocycles. The summed E-state index contributed by atoms with van der Waals surface area (Å²) in [6.45, 7) is 4.16. The number of aliphatic hydroxyl groups is 1. The minimum absolute atomic E-state index is 0.162. The quantitative estimate of drug-likeness (QED) is 0.806. The Morgan fingerprint density at radius 2 is 2.33 bits per heavy atom. The van der Waals surface area contributed by atoms with Gasteiger partial charge in [-0.1, -0.05) is 5.21 Å². The fourth-order valence-corrected chi connectivity index (χ4v) is 1.90. The molecular weight excluding hydrogens is 272 g/mol. The van der Waals surface area contributed by atoms with E-state index < -0.39 is 12.1 Å². The molecule has 0 aliphatic rings. The van der Waals surface area contributed by atoms with Gasteiger partial charge >= 0.3 is 5.97 Å². The van der Waals surface area contributed by atoms with Crippen LogP contribution in [-0.2, 0) is 11.3 Å². The molecule has 0 radical (unpaired) electrons. The molecule has 0 spiro atoms. The van der Waals surface area contributed by atoms with Gasteiger partial charge in [0.05, 0.1) is 12.7 Å². The summed E-state index contributed by atoms with van der Waals surface area (Å²) in [4.78, 5) is 16.0. The van der Waals surface area contributed by atoms with Crippen LogP contribution in [-0.4, -0.2) is 43.8 Å². The van der Waals surface area contributed by atoms with Crippen molar-refractivity contribution in [2.45, 2.75) is 32.9 Å². The van der Waals surface area contributed by atoms with Crippen molar-refractivity contribution in [3.05, 3.63) is 30.2 Å². The molecule has 0 aliphatic heterocycles. The molecule has 7 heteroatoms. The highest BCUT2D eigenvalue weighted by Crippen LogP contribution is 2.22. The van der Waals surface area contributed by atoms with Crippen LogP contribution in [0.3, 0.4) is 0 Å². The van der Waals surface area contributed by atoms with E-state index in [2.05, 4.69) is 15.3 Å². The molecule has 0 saturated heterocycles. The molecule has 2 aromatic rings. The Hall–Kier alpha value is -2.28. The lowest BCUT2D eigenvalue weighted by molar-refractivity contribution is 0.0520. The van der Waals surface area contributed by atoms with Gasteiger partial charge in [-0.2, -0.15) is 0 Å². The number of pyridine rings is 1. The van der Waals surface area contributed by atoms with Gasteiger partial charge in [-0.25, -0.2) is 9.48 Å². The van der Waals surface area contributed by atoms with E-state index in [0.29, 0.717) is 18.7 Å². The highest BCUT2D eigenvalue weighted by atomic mass is 16.5. The Morgan fingerprint density at radius 3 is 2.95 bits per heavy atom. The average Bonchev–Trinajstić information content (AvgIpc) is 2.90. The number of ether oxygens (including phenoxy) is 1. The van der Waals surface area contributed by atoms with Gasteiger partial charge in [-0.05, 0) is 32.4 Å². The topological polar surface area (TPSA) is 90.1 Å². The Kier molecular flexibility index (Phi) is 4.99. The van der Waals surface area contributed by atoms with Crippen molar-refractivity contribution in [3.8, 4) is 11.3 Å². The van der Waals surface area contributed by atoms with Crippen LogP contribution in [0.25, 0.3) is 11.3 Å². The third-order valence-corrected chi connectivity index (χ3v) is 2.90. The van der Waals surface area contributed by atoms with Crippen LogP contribution in [0.15, 0.2) is 24.5 Å². The zero-order chi connectivity index (χ0) is 15.2. The molecule has 0 aliphatic carbocycles. The minimum atomic E-state index is -0.514. The summed E-state index contributed by atoms with van der Waals surface area (Å²) in [6.07, 6.45) is 3.35. The maximum Gasteiger partial charge on any atom is 0.361 e. The minimum Gasteiger partial charge on any atom is -0.461 e. The fraction of sp³-hybridized carbons (Fsp3) is 0.429. The summed E-state index contributed by atoms with van der Waals surface area (Å²) in [5, 5.41) is 17.3. The molecular formula is C14H18N4O3. The number of rotatable bonds is 6. The second kappa shape index (κ2) is 6.94. The van der Waals surface area contributed by atoms with Crippen molar-refractivity contribution in [2.24, 2.45) is 0 Å². The SMILES string of the molecule is CCOC(=O)c1nnn(CCC(C)O)c1-c1cccnc1. The molecule has 7 nitrogen and oxygen atoms in total. The smallest absolute Gasteiger partial charge is 0.361 e. The van der Waals surface area contributed by atoms with Crippen molar-refractivity contribution >= 4 is 5.97 Å². The van der Waals surface area contributed by atoms with Crippen LogP contribution >= 0.6 is 0 Å². The number of carbonyl (C=O) groups is 1. The average molecular weight is 290 g/mol. The second-order valence-electron chi connectivity index (χ2n) is 4.61. The zero-order valence-corrected chi connectivity index (χ0v) is 12.1. The van der Waals surface area contributed by atoms with Crippen LogP contribution in [0.4, 0.5) is 0 Å². The summed E-state index contributed by atoms with van der Waals surface area (Å²) in [7, 11) is 0. The van der Waals surface area contributed by atoms with E-state index >= 15 is 0 Å². The lowest BCUT2D eigenvalue weighted by atomic mass is 10.1. The van der Waals surface area contributed by atoms with Gasteiger partial charge in [-0.15, -0.1) is 5.10 Å². The first-order valence-corrected chi connectivity index (χ1v) is 6.82. The standard InChI is InChI=1S/C14H18N4O3/c1-3-21-14(20)12-13(11-5-4-7-15-9-11)18(17-16-12)8-6-10(2)19/h4-5,7,9-10,19H,3,6,8H2,1-2H3. The van der Waals surface area contributed by atoms with Gasteiger partial charge < -0.3 is 9.84 Å². The third-order valence-electron chi connectivity index (χ3n) is 2.90. The Labute approximate surface area is 122 Å². The first-order valence-electron chi connectivity index (χ1n) is 6.82. The number of aliphatic hydroxyl groups excluding tert-OH is 1. The molecule has 1 N–H and O–H groups in total. The van der Waals surface area contributed by atoms with Crippen LogP contribution in [0.2, 0.25) is 0 Å². The first-order chi connectivity index (χ1) is 10.1. The molecule has 112 valence electrons. The van der Waals surface area contributed by atoms with E-state index in [-0.39, 0.29) is 12.3 Å². The maximum absolute atomic E-state index is 12.0. The van der Waals surface area contributed by atoms with Gasteiger partial charge in [0.25, 0.3) is 0 Å². The number of nitrogens with zero attached hydrogens (tertiary/aromatic N) is 4. The summed E-state index contributed by atoms with van der Waals surface area (Å²) < 4.78 is 6.60. The number of aryl methyl sites for hydroxylation is 1. The predicted octanol–water partition coefficient (Wildman–Crippen LogP) is 1.29. The predicted molar refractivity (Wildman–Crippen MR) is 75.5 cm³/mol. The molecule has 2 heterocycles. The van der Waals surface area contributed by atoms with E-state index in [4.69, 9.17) is 4.74 Å². The maximum atomic E-state index is 12.0. The number of esters is 1. The highest BCUT2D eigenvalue weighted by molar-refractivity contribution is 5.93. The van der Waals surface area contributed by atoms with Crippen molar-refractivity contribution in [1.29, 1.82) is 0 Å².